The Kier molecular flexibility index (Phi) is 7.43. The molecule has 0 spiro atoms. The van der Waals surface area contributed by atoms with Gasteiger partial charge >= 0.3 is 6.18 Å². The lowest BCUT2D eigenvalue weighted by Gasteiger charge is -2.20. The summed E-state index contributed by atoms with van der Waals surface area (Å²) in [7, 11) is 0. The number of nitrogens with zero attached hydrogens (tertiary/aromatic N) is 2. The van der Waals surface area contributed by atoms with Crippen LogP contribution in [0.3, 0.4) is 0 Å². The van der Waals surface area contributed by atoms with E-state index in [0.717, 1.165) is 24.7 Å². The van der Waals surface area contributed by atoms with Crippen LogP contribution in [0, 0.1) is 10.1 Å². The monoisotopic (exact) mass is 383 g/mol. The second-order valence-electron chi connectivity index (χ2n) is 5.24. The van der Waals surface area contributed by atoms with Crippen LogP contribution in [0.5, 0.6) is 5.75 Å². The molecule has 1 heterocycles. The fourth-order valence-corrected chi connectivity index (χ4v) is 2.32. The SMILES string of the molecule is Cl.O=C(c1cc(OCC(F)(F)F)ccc1[N+](=O)[O-])N1CCCNCC1. The number of nitro benzene ring substituents is 1. The smallest absolute Gasteiger partial charge is 0.422 e. The Hall–Kier alpha value is -2.07. The highest BCUT2D eigenvalue weighted by Gasteiger charge is 2.30. The number of nitrogens with one attached hydrogen (secondary N) is 1. The summed E-state index contributed by atoms with van der Waals surface area (Å²) in [6, 6.07) is 3.02. The molecule has 11 heteroatoms. The average Bonchev–Trinajstić information content (AvgIpc) is 2.80. The molecule has 2 rings (SSSR count). The number of hydrogen-bond donors (Lipinski definition) is 1. The topological polar surface area (TPSA) is 84.7 Å². The van der Waals surface area contributed by atoms with Gasteiger partial charge in [-0.25, -0.2) is 0 Å². The van der Waals surface area contributed by atoms with E-state index in [1.807, 2.05) is 0 Å². The van der Waals surface area contributed by atoms with Crippen LogP contribution in [0.15, 0.2) is 18.2 Å². The largest absolute Gasteiger partial charge is 0.484 e. The fourth-order valence-electron chi connectivity index (χ4n) is 2.32. The van der Waals surface area contributed by atoms with E-state index in [4.69, 9.17) is 0 Å². The van der Waals surface area contributed by atoms with Crippen LogP contribution < -0.4 is 10.1 Å². The number of nitro groups is 1. The molecule has 0 aliphatic carbocycles. The van der Waals surface area contributed by atoms with Gasteiger partial charge in [-0.15, -0.1) is 12.4 Å². The maximum atomic E-state index is 12.5. The molecule has 1 N–H and O–H groups in total. The van der Waals surface area contributed by atoms with Gasteiger partial charge in [0.05, 0.1) is 4.92 Å². The van der Waals surface area contributed by atoms with Gasteiger partial charge in [-0.2, -0.15) is 13.2 Å². The molecule has 1 amide bonds. The van der Waals surface area contributed by atoms with Gasteiger partial charge in [0.2, 0.25) is 0 Å². The fraction of sp³-hybridized carbons (Fsp3) is 0.500. The number of halogens is 4. The average molecular weight is 384 g/mol. The maximum Gasteiger partial charge on any atom is 0.422 e. The van der Waals surface area contributed by atoms with Crippen LogP contribution in [0.4, 0.5) is 18.9 Å². The molecule has 0 radical (unpaired) electrons. The van der Waals surface area contributed by atoms with Gasteiger partial charge in [0.15, 0.2) is 6.61 Å². The minimum absolute atomic E-state index is 0. The summed E-state index contributed by atoms with van der Waals surface area (Å²) in [5.41, 5.74) is -0.738. The first-order chi connectivity index (χ1) is 11.3. The number of carbonyl (C=O) groups is 1. The summed E-state index contributed by atoms with van der Waals surface area (Å²) < 4.78 is 41.3. The van der Waals surface area contributed by atoms with Crippen molar-refractivity contribution >= 4 is 24.0 Å². The molecule has 7 nitrogen and oxygen atoms in total. The molecule has 1 aromatic rings. The molecular formula is C14H17ClF3N3O4. The summed E-state index contributed by atoms with van der Waals surface area (Å²) in [5, 5.41) is 14.2. The zero-order valence-corrected chi connectivity index (χ0v) is 13.9. The van der Waals surface area contributed by atoms with Crippen molar-refractivity contribution in [3.05, 3.63) is 33.9 Å². The molecule has 140 valence electrons. The number of carbonyl (C=O) groups excluding carboxylic acids is 1. The van der Waals surface area contributed by atoms with E-state index >= 15 is 0 Å². The lowest BCUT2D eigenvalue weighted by molar-refractivity contribution is -0.385. The summed E-state index contributed by atoms with van der Waals surface area (Å²) >= 11 is 0. The normalized spacial score (nSPS) is 15.1. The number of amides is 1. The van der Waals surface area contributed by atoms with Crippen LogP contribution >= 0.6 is 12.4 Å². The van der Waals surface area contributed by atoms with Crippen molar-refractivity contribution in [2.75, 3.05) is 32.8 Å². The Bertz CT molecular complexity index is 620. The van der Waals surface area contributed by atoms with Crippen molar-refractivity contribution in [3.8, 4) is 5.75 Å². The molecule has 0 bridgehead atoms. The first-order valence-corrected chi connectivity index (χ1v) is 7.26. The predicted molar refractivity (Wildman–Crippen MR) is 85.3 cm³/mol. The summed E-state index contributed by atoms with van der Waals surface area (Å²) in [6.45, 7) is 0.511. The van der Waals surface area contributed by atoms with Crippen molar-refractivity contribution in [1.82, 2.24) is 10.2 Å². The number of rotatable bonds is 4. The molecule has 0 atom stereocenters. The number of ether oxygens (including phenoxy) is 1. The minimum Gasteiger partial charge on any atom is -0.484 e. The summed E-state index contributed by atoms with van der Waals surface area (Å²) in [5.74, 6) is -0.836. The van der Waals surface area contributed by atoms with E-state index in [1.165, 1.54) is 4.90 Å². The number of benzene rings is 1. The van der Waals surface area contributed by atoms with Crippen molar-refractivity contribution in [2.24, 2.45) is 0 Å². The second kappa shape index (κ2) is 8.86. The van der Waals surface area contributed by atoms with Gasteiger partial charge in [0.25, 0.3) is 11.6 Å². The molecule has 0 saturated carbocycles. The highest BCUT2D eigenvalue weighted by molar-refractivity contribution is 5.98. The van der Waals surface area contributed by atoms with Gasteiger partial charge in [0.1, 0.15) is 11.3 Å². The molecule has 1 aliphatic heterocycles. The van der Waals surface area contributed by atoms with Crippen molar-refractivity contribution in [1.29, 1.82) is 0 Å². The quantitative estimate of drug-likeness (QED) is 0.637. The summed E-state index contributed by atoms with van der Waals surface area (Å²) in [4.78, 5) is 24.4. The Balaban J connectivity index is 0.00000312. The minimum atomic E-state index is -4.54. The van der Waals surface area contributed by atoms with Gasteiger partial charge in [-0.05, 0) is 25.1 Å². The van der Waals surface area contributed by atoms with E-state index in [-0.39, 0.29) is 23.7 Å². The lowest BCUT2D eigenvalue weighted by Crippen LogP contribution is -2.34. The van der Waals surface area contributed by atoms with Crippen LogP contribution in [0.2, 0.25) is 0 Å². The molecule has 1 fully saturated rings. The zero-order valence-electron chi connectivity index (χ0n) is 13.0. The van der Waals surface area contributed by atoms with E-state index in [2.05, 4.69) is 10.1 Å². The maximum absolute atomic E-state index is 12.5. The van der Waals surface area contributed by atoms with E-state index in [1.54, 1.807) is 0 Å². The third kappa shape index (κ3) is 6.05. The van der Waals surface area contributed by atoms with Crippen molar-refractivity contribution in [3.63, 3.8) is 0 Å². The Labute approximate surface area is 147 Å². The molecular weight excluding hydrogens is 367 g/mol. The van der Waals surface area contributed by atoms with Gasteiger partial charge < -0.3 is 15.0 Å². The van der Waals surface area contributed by atoms with Gasteiger partial charge in [-0.3, -0.25) is 14.9 Å². The first-order valence-electron chi connectivity index (χ1n) is 7.26. The first kappa shape index (κ1) is 21.0. The van der Waals surface area contributed by atoms with Crippen LogP contribution in [0.25, 0.3) is 0 Å². The van der Waals surface area contributed by atoms with Gasteiger partial charge in [-0.1, -0.05) is 0 Å². The molecule has 25 heavy (non-hydrogen) atoms. The third-order valence-corrected chi connectivity index (χ3v) is 3.42. The molecule has 1 aliphatic rings. The standard InChI is InChI=1S/C14H16F3N3O4.ClH/c15-14(16,17)9-24-10-2-3-12(20(22)23)11(8-10)13(21)19-6-1-4-18-5-7-19;/h2-3,8,18H,1,4-7,9H2;1H. The van der Waals surface area contributed by atoms with Crippen LogP contribution in [-0.4, -0.2) is 54.7 Å². The van der Waals surface area contributed by atoms with Gasteiger partial charge in [0, 0.05) is 25.7 Å². The Morgan fingerprint density at radius 3 is 2.68 bits per heavy atom. The van der Waals surface area contributed by atoms with Crippen LogP contribution in [-0.2, 0) is 0 Å². The predicted octanol–water partition coefficient (Wildman–Crippen LogP) is 2.39. The van der Waals surface area contributed by atoms with Crippen LogP contribution in [0.1, 0.15) is 16.8 Å². The van der Waals surface area contributed by atoms with E-state index in [0.29, 0.717) is 26.1 Å². The van der Waals surface area contributed by atoms with Crippen molar-refractivity contribution in [2.45, 2.75) is 12.6 Å². The zero-order chi connectivity index (χ0) is 17.7. The van der Waals surface area contributed by atoms with E-state index in [9.17, 15) is 28.1 Å². The lowest BCUT2D eigenvalue weighted by atomic mass is 10.1. The Morgan fingerprint density at radius 2 is 2.04 bits per heavy atom. The third-order valence-electron chi connectivity index (χ3n) is 3.42. The molecule has 0 aromatic heterocycles. The summed E-state index contributed by atoms with van der Waals surface area (Å²) in [6.07, 6.45) is -3.85. The number of alkyl halides is 3. The Morgan fingerprint density at radius 1 is 1.32 bits per heavy atom. The number of hydrogen-bond acceptors (Lipinski definition) is 5. The van der Waals surface area contributed by atoms with E-state index < -0.39 is 29.3 Å². The molecule has 1 saturated heterocycles. The molecule has 1 aromatic carbocycles. The van der Waals surface area contributed by atoms with Crippen molar-refractivity contribution < 1.29 is 27.6 Å². The highest BCUT2D eigenvalue weighted by Crippen LogP contribution is 2.27. The molecule has 0 unspecified atom stereocenters. The highest BCUT2D eigenvalue weighted by atomic mass is 35.5. The second-order valence-corrected chi connectivity index (χ2v) is 5.24.